The molecule has 0 radical (unpaired) electrons. The second-order valence-electron chi connectivity index (χ2n) is 8.95. The molecule has 1 aliphatic rings. The molecule has 43 heavy (non-hydrogen) atoms. The van der Waals surface area contributed by atoms with Crippen LogP contribution >= 0.6 is 0 Å². The highest BCUT2D eigenvalue weighted by Gasteiger charge is 2.39. The van der Waals surface area contributed by atoms with Crippen molar-refractivity contribution in [3.8, 4) is 0 Å². The minimum absolute atomic E-state index is 0.245. The molecular weight excluding hydrogens is 593 g/mol. The molecule has 1 fully saturated rings. The summed E-state index contributed by atoms with van der Waals surface area (Å²) in [5.41, 5.74) is 4.74. The number of carboxylic acid groups (broad SMARTS) is 2. The summed E-state index contributed by atoms with van der Waals surface area (Å²) in [6, 6.07) is 14.7. The van der Waals surface area contributed by atoms with Crippen LogP contribution in [0.15, 0.2) is 67.1 Å². The highest BCUT2D eigenvalue weighted by atomic mass is 19.4. The number of carbonyl (C=O) groups is 2. The van der Waals surface area contributed by atoms with Crippen LogP contribution in [0.1, 0.15) is 30.1 Å². The summed E-state index contributed by atoms with van der Waals surface area (Å²) in [6.45, 7) is 1.90. The fourth-order valence-corrected chi connectivity index (χ4v) is 4.01. The van der Waals surface area contributed by atoms with Crippen molar-refractivity contribution in [2.75, 3.05) is 11.9 Å². The zero-order valence-electron chi connectivity index (χ0n) is 21.8. The second kappa shape index (κ2) is 13.9. The number of hydrogen-bond donors (Lipinski definition) is 3. The van der Waals surface area contributed by atoms with Crippen molar-refractivity contribution in [1.29, 1.82) is 0 Å². The summed E-state index contributed by atoms with van der Waals surface area (Å²) < 4.78 is 78.7. The van der Waals surface area contributed by atoms with E-state index in [0.717, 1.165) is 42.8 Å². The first-order valence-corrected chi connectivity index (χ1v) is 12.3. The zero-order chi connectivity index (χ0) is 31.8. The molecule has 3 aromatic heterocycles. The zero-order valence-corrected chi connectivity index (χ0v) is 21.8. The topological polar surface area (TPSA) is 133 Å². The summed E-state index contributed by atoms with van der Waals surface area (Å²) >= 11 is 0. The third kappa shape index (κ3) is 9.63. The summed E-state index contributed by atoms with van der Waals surface area (Å²) in [6.07, 6.45) is -2.35. The van der Waals surface area contributed by atoms with Gasteiger partial charge in [-0.1, -0.05) is 17.3 Å². The minimum Gasteiger partial charge on any atom is -0.475 e. The lowest BCUT2D eigenvalue weighted by Gasteiger charge is -2.22. The molecule has 230 valence electrons. The van der Waals surface area contributed by atoms with E-state index in [1.165, 1.54) is 17.7 Å². The molecule has 1 saturated heterocycles. The summed E-state index contributed by atoms with van der Waals surface area (Å²) in [5, 5.41) is 26.3. The van der Waals surface area contributed by atoms with Gasteiger partial charge in [-0.25, -0.2) is 18.5 Å². The maximum absolute atomic E-state index is 13.4. The maximum Gasteiger partial charge on any atom is 0.490 e. The van der Waals surface area contributed by atoms with Gasteiger partial charge in [-0.15, -0.1) is 5.10 Å². The van der Waals surface area contributed by atoms with Crippen LogP contribution in [0.4, 0.5) is 42.1 Å². The Kier molecular flexibility index (Phi) is 10.6. The number of aliphatic carboxylic acids is 2. The molecule has 4 heterocycles. The summed E-state index contributed by atoms with van der Waals surface area (Å²) in [7, 11) is 0. The highest BCUT2D eigenvalue weighted by molar-refractivity contribution is 5.73. The van der Waals surface area contributed by atoms with Crippen LogP contribution in [0.25, 0.3) is 5.52 Å². The molecule has 3 N–H and O–H groups in total. The lowest BCUT2D eigenvalue weighted by atomic mass is 10.1. The van der Waals surface area contributed by atoms with Gasteiger partial charge in [0.2, 0.25) is 0 Å². The fourth-order valence-electron chi connectivity index (χ4n) is 4.01. The van der Waals surface area contributed by atoms with Gasteiger partial charge in [0.05, 0.1) is 23.4 Å². The number of aromatic nitrogens is 4. The number of rotatable bonds is 5. The third-order valence-corrected chi connectivity index (χ3v) is 5.83. The van der Waals surface area contributed by atoms with Gasteiger partial charge in [-0.05, 0) is 61.3 Å². The van der Waals surface area contributed by atoms with E-state index in [9.17, 15) is 30.7 Å². The van der Waals surface area contributed by atoms with Crippen molar-refractivity contribution in [3.05, 3.63) is 84.2 Å². The fraction of sp³-hybridized carbons (Fsp3) is 0.269. The van der Waals surface area contributed by atoms with Crippen molar-refractivity contribution >= 4 is 28.8 Å². The van der Waals surface area contributed by atoms with Gasteiger partial charge < -0.3 is 15.5 Å². The van der Waals surface area contributed by atoms with Crippen LogP contribution < -0.4 is 5.32 Å². The van der Waals surface area contributed by atoms with Gasteiger partial charge in [0, 0.05) is 24.6 Å². The van der Waals surface area contributed by atoms with E-state index in [0.29, 0.717) is 5.69 Å². The minimum atomic E-state index is -5.08. The molecule has 0 amide bonds. The first kappa shape index (κ1) is 32.7. The first-order valence-electron chi connectivity index (χ1n) is 12.3. The Labute approximate surface area is 238 Å². The molecule has 5 rings (SSSR count). The number of pyridine rings is 2. The smallest absolute Gasteiger partial charge is 0.475 e. The van der Waals surface area contributed by atoms with Crippen molar-refractivity contribution < 1.29 is 50.5 Å². The molecule has 0 bridgehead atoms. The number of anilines is 2. The third-order valence-electron chi connectivity index (χ3n) is 5.83. The van der Waals surface area contributed by atoms with E-state index >= 15 is 0 Å². The van der Waals surface area contributed by atoms with E-state index in [1.807, 2.05) is 36.7 Å². The molecule has 4 aromatic rings. The number of benzene rings is 1. The van der Waals surface area contributed by atoms with E-state index in [4.69, 9.17) is 19.8 Å². The van der Waals surface area contributed by atoms with Crippen molar-refractivity contribution in [3.63, 3.8) is 0 Å². The normalized spacial score (nSPS) is 15.2. The quantitative estimate of drug-likeness (QED) is 0.245. The molecule has 10 nitrogen and oxygen atoms in total. The van der Waals surface area contributed by atoms with E-state index in [2.05, 4.69) is 31.6 Å². The lowest BCUT2D eigenvalue weighted by Crippen LogP contribution is -2.23. The van der Waals surface area contributed by atoms with Gasteiger partial charge in [0.25, 0.3) is 0 Å². The standard InChI is InChI=1S/C22H21FN6.2C2HF3O2/c23-17-5-1-6-18(12-17)25-19-8-9-21-22(26-27-29(21)15-19)20-7-3-11-28(20)14-16-4-2-10-24-13-16;2*3-2(4,5)1(6)7/h1-2,4-6,8-10,12-13,15,20,25H,3,7,11,14H2;2*(H,6,7). The second-order valence-corrected chi connectivity index (χ2v) is 8.95. The maximum atomic E-state index is 13.4. The van der Waals surface area contributed by atoms with Crippen LogP contribution in [0.3, 0.4) is 0 Å². The predicted octanol–water partition coefficient (Wildman–Crippen LogP) is 5.61. The first-order chi connectivity index (χ1) is 20.1. The van der Waals surface area contributed by atoms with Gasteiger partial charge in [0.15, 0.2) is 0 Å². The van der Waals surface area contributed by atoms with Gasteiger partial charge in [-0.3, -0.25) is 9.88 Å². The van der Waals surface area contributed by atoms with Crippen molar-refractivity contribution in [1.82, 2.24) is 24.7 Å². The highest BCUT2D eigenvalue weighted by Crippen LogP contribution is 2.34. The van der Waals surface area contributed by atoms with E-state index in [-0.39, 0.29) is 11.9 Å². The van der Waals surface area contributed by atoms with Crippen LogP contribution in [-0.4, -0.2) is 65.8 Å². The summed E-state index contributed by atoms with van der Waals surface area (Å²) in [4.78, 5) is 24.5. The van der Waals surface area contributed by atoms with Crippen LogP contribution in [-0.2, 0) is 16.1 Å². The van der Waals surface area contributed by atoms with Crippen LogP contribution in [0.5, 0.6) is 0 Å². The van der Waals surface area contributed by atoms with Crippen LogP contribution in [0, 0.1) is 5.82 Å². The SMILES string of the molecule is Fc1cccc(Nc2ccc3c(C4CCCN4Cc4cccnc4)nnn3c2)c1.O=C(O)C(F)(F)F.O=C(O)C(F)(F)F. The Hall–Kier alpha value is -4.80. The summed E-state index contributed by atoms with van der Waals surface area (Å²) in [5.74, 6) is -5.78. The molecule has 0 aliphatic carbocycles. The molecule has 1 aromatic carbocycles. The van der Waals surface area contributed by atoms with E-state index in [1.54, 1.807) is 16.8 Å². The number of hydrogen-bond acceptors (Lipinski definition) is 7. The number of carboxylic acids is 2. The van der Waals surface area contributed by atoms with Gasteiger partial charge >= 0.3 is 24.3 Å². The number of likely N-dealkylation sites (tertiary alicyclic amines) is 1. The van der Waals surface area contributed by atoms with Crippen LogP contribution in [0.2, 0.25) is 0 Å². The average Bonchev–Trinajstić information content (AvgIpc) is 3.55. The number of nitrogens with zero attached hydrogens (tertiary/aromatic N) is 5. The largest absolute Gasteiger partial charge is 0.490 e. The molecule has 0 saturated carbocycles. The number of fused-ring (bicyclic) bond motifs is 1. The van der Waals surface area contributed by atoms with Gasteiger partial charge in [-0.2, -0.15) is 26.3 Å². The Morgan fingerprint density at radius 1 is 0.953 bits per heavy atom. The monoisotopic (exact) mass is 616 g/mol. The Bertz CT molecular complexity index is 1510. The molecule has 0 spiro atoms. The molecular formula is C26H23F7N6O4. The Morgan fingerprint density at radius 3 is 2.21 bits per heavy atom. The van der Waals surface area contributed by atoms with Crippen molar-refractivity contribution in [2.45, 2.75) is 37.8 Å². The number of alkyl halides is 6. The molecule has 1 aliphatic heterocycles. The van der Waals surface area contributed by atoms with Gasteiger partial charge in [0.1, 0.15) is 11.5 Å². The predicted molar refractivity (Wildman–Crippen MR) is 137 cm³/mol. The Morgan fingerprint density at radius 2 is 1.63 bits per heavy atom. The Balaban J connectivity index is 0.000000303. The number of nitrogens with one attached hydrogen (secondary N) is 1. The van der Waals surface area contributed by atoms with Crippen molar-refractivity contribution in [2.24, 2.45) is 0 Å². The average molecular weight is 616 g/mol. The lowest BCUT2D eigenvalue weighted by molar-refractivity contribution is -0.193. The molecule has 1 unspecified atom stereocenters. The number of halogens is 7. The molecule has 17 heteroatoms. The van der Waals surface area contributed by atoms with E-state index < -0.39 is 24.3 Å². The molecule has 1 atom stereocenters.